The molecule has 0 amide bonds. The van der Waals surface area contributed by atoms with Gasteiger partial charge in [-0.3, -0.25) is 5.32 Å². The van der Waals surface area contributed by atoms with Gasteiger partial charge >= 0.3 is 0 Å². The summed E-state index contributed by atoms with van der Waals surface area (Å²) in [5.41, 5.74) is 0.166. The smallest absolute Gasteiger partial charge is 0.120 e. The molecule has 1 unspecified atom stereocenters. The SMILES string of the molecule is CN1CCC2(CNC3(CCCCCCCCCCC3)O2)C(C)(C)C1(C)C. The molecule has 0 aromatic heterocycles. The normalized spacial score (nSPS) is 35.9. The van der Waals surface area contributed by atoms with Crippen LogP contribution in [-0.2, 0) is 4.74 Å². The Balaban J connectivity index is 1.76. The average Bonchev–Trinajstić information content (AvgIpc) is 2.96. The molecule has 1 aliphatic carbocycles. The molecule has 2 saturated heterocycles. The molecule has 1 saturated carbocycles. The van der Waals surface area contributed by atoms with Crippen LogP contribution in [0.4, 0.5) is 0 Å². The van der Waals surface area contributed by atoms with Crippen LogP contribution in [-0.4, -0.2) is 41.9 Å². The second kappa shape index (κ2) is 7.72. The second-order valence-corrected chi connectivity index (χ2v) is 10.5. The Hall–Kier alpha value is -0.120. The van der Waals surface area contributed by atoms with E-state index in [4.69, 9.17) is 4.74 Å². The Labute approximate surface area is 162 Å². The van der Waals surface area contributed by atoms with Gasteiger partial charge in [0.05, 0.1) is 5.60 Å². The molecule has 2 heterocycles. The lowest BCUT2D eigenvalue weighted by Crippen LogP contribution is -2.68. The topological polar surface area (TPSA) is 24.5 Å². The first-order valence-corrected chi connectivity index (χ1v) is 11.4. The Bertz CT molecular complexity index is 461. The molecule has 3 aliphatic rings. The van der Waals surface area contributed by atoms with E-state index in [0.717, 1.165) is 19.5 Å². The van der Waals surface area contributed by atoms with Gasteiger partial charge in [0.2, 0.25) is 0 Å². The van der Waals surface area contributed by atoms with Crippen LogP contribution in [0.2, 0.25) is 0 Å². The molecule has 2 spiro atoms. The van der Waals surface area contributed by atoms with Crippen molar-refractivity contribution < 1.29 is 4.74 Å². The minimum Gasteiger partial charge on any atom is -0.352 e. The first-order chi connectivity index (χ1) is 12.2. The third kappa shape index (κ3) is 3.61. The number of nitrogens with one attached hydrogen (secondary N) is 1. The molecule has 0 aromatic carbocycles. The first-order valence-electron chi connectivity index (χ1n) is 11.4. The highest BCUT2D eigenvalue weighted by molar-refractivity contribution is 5.15. The van der Waals surface area contributed by atoms with E-state index in [1.54, 1.807) is 0 Å². The zero-order valence-electron chi connectivity index (χ0n) is 18.3. The molecule has 3 rings (SSSR count). The third-order valence-corrected chi connectivity index (χ3v) is 8.72. The van der Waals surface area contributed by atoms with Gasteiger partial charge in [0.25, 0.3) is 0 Å². The quantitative estimate of drug-likeness (QED) is 0.615. The van der Waals surface area contributed by atoms with E-state index < -0.39 is 0 Å². The summed E-state index contributed by atoms with van der Waals surface area (Å²) in [6, 6.07) is 0. The van der Waals surface area contributed by atoms with Crippen LogP contribution in [0.15, 0.2) is 0 Å². The lowest BCUT2D eigenvalue weighted by atomic mass is 9.59. The van der Waals surface area contributed by atoms with Crippen molar-refractivity contribution in [1.82, 2.24) is 10.2 Å². The monoisotopic (exact) mass is 364 g/mol. The number of hydrogen-bond acceptors (Lipinski definition) is 3. The highest BCUT2D eigenvalue weighted by Gasteiger charge is 2.63. The highest BCUT2D eigenvalue weighted by Crippen LogP contribution is 2.55. The Morgan fingerprint density at radius 3 is 1.77 bits per heavy atom. The highest BCUT2D eigenvalue weighted by atomic mass is 16.6. The van der Waals surface area contributed by atoms with Crippen molar-refractivity contribution in [2.24, 2.45) is 5.41 Å². The number of piperidine rings is 1. The molecule has 152 valence electrons. The molecule has 3 fully saturated rings. The van der Waals surface area contributed by atoms with E-state index in [9.17, 15) is 0 Å². The summed E-state index contributed by atoms with van der Waals surface area (Å²) in [5.74, 6) is 0. The molecule has 0 radical (unpaired) electrons. The molecule has 0 bridgehead atoms. The lowest BCUT2D eigenvalue weighted by molar-refractivity contribution is -0.221. The maximum absolute atomic E-state index is 7.18. The fourth-order valence-corrected chi connectivity index (χ4v) is 5.68. The van der Waals surface area contributed by atoms with Crippen LogP contribution in [0.3, 0.4) is 0 Å². The molecular formula is C23H44N2O. The number of rotatable bonds is 0. The van der Waals surface area contributed by atoms with Gasteiger partial charge in [-0.15, -0.1) is 0 Å². The molecular weight excluding hydrogens is 320 g/mol. The lowest BCUT2D eigenvalue weighted by Gasteiger charge is -2.60. The minimum absolute atomic E-state index is 0.0277. The predicted molar refractivity (Wildman–Crippen MR) is 110 cm³/mol. The fraction of sp³-hybridized carbons (Fsp3) is 1.00. The van der Waals surface area contributed by atoms with Crippen molar-refractivity contribution in [3.8, 4) is 0 Å². The van der Waals surface area contributed by atoms with Gasteiger partial charge in [0, 0.05) is 24.0 Å². The van der Waals surface area contributed by atoms with Crippen molar-refractivity contribution >= 4 is 0 Å². The van der Waals surface area contributed by atoms with Crippen molar-refractivity contribution in [3.05, 3.63) is 0 Å². The summed E-state index contributed by atoms with van der Waals surface area (Å²) in [7, 11) is 2.28. The Kier molecular flexibility index (Phi) is 6.12. The van der Waals surface area contributed by atoms with Crippen LogP contribution in [0.5, 0.6) is 0 Å². The predicted octanol–water partition coefficient (Wildman–Crippen LogP) is 5.49. The molecule has 1 N–H and O–H groups in total. The number of likely N-dealkylation sites (tertiary alicyclic amines) is 1. The fourth-order valence-electron chi connectivity index (χ4n) is 5.68. The van der Waals surface area contributed by atoms with Crippen LogP contribution in [0.1, 0.15) is 105 Å². The van der Waals surface area contributed by atoms with Gasteiger partial charge in [-0.25, -0.2) is 0 Å². The second-order valence-electron chi connectivity index (χ2n) is 10.5. The minimum atomic E-state index is -0.0670. The summed E-state index contributed by atoms with van der Waals surface area (Å²) in [6.45, 7) is 11.9. The van der Waals surface area contributed by atoms with Gasteiger partial charge in [-0.2, -0.15) is 0 Å². The molecule has 2 aliphatic heterocycles. The summed E-state index contributed by atoms with van der Waals surface area (Å²) in [5, 5.41) is 3.95. The van der Waals surface area contributed by atoms with Crippen LogP contribution >= 0.6 is 0 Å². The van der Waals surface area contributed by atoms with E-state index in [-0.39, 0.29) is 22.3 Å². The molecule has 26 heavy (non-hydrogen) atoms. The summed E-state index contributed by atoms with van der Waals surface area (Å²) in [4.78, 5) is 2.54. The standard InChI is InChI=1S/C23H44N2O/c1-20(2)21(3,4)25(5)18-17-22(20)19-24-23(26-22)15-13-11-9-7-6-8-10-12-14-16-23/h24H,6-19H2,1-5H3. The summed E-state index contributed by atoms with van der Waals surface area (Å²) in [6.07, 6.45) is 16.0. The van der Waals surface area contributed by atoms with Crippen molar-refractivity contribution in [2.75, 3.05) is 20.1 Å². The van der Waals surface area contributed by atoms with Crippen LogP contribution in [0.25, 0.3) is 0 Å². The number of nitrogens with zero attached hydrogens (tertiary/aromatic N) is 1. The maximum Gasteiger partial charge on any atom is 0.120 e. The van der Waals surface area contributed by atoms with Crippen LogP contribution in [0, 0.1) is 5.41 Å². The largest absolute Gasteiger partial charge is 0.352 e. The van der Waals surface area contributed by atoms with Gasteiger partial charge in [0.1, 0.15) is 5.72 Å². The van der Waals surface area contributed by atoms with Gasteiger partial charge < -0.3 is 9.64 Å². The third-order valence-electron chi connectivity index (χ3n) is 8.72. The average molecular weight is 365 g/mol. The van der Waals surface area contributed by atoms with Gasteiger partial charge in [0.15, 0.2) is 0 Å². The number of ether oxygens (including phenoxy) is 1. The van der Waals surface area contributed by atoms with Crippen molar-refractivity contribution in [3.63, 3.8) is 0 Å². The van der Waals surface area contributed by atoms with E-state index >= 15 is 0 Å². The number of hydrogen-bond donors (Lipinski definition) is 1. The molecule has 1 atom stereocenters. The van der Waals surface area contributed by atoms with Crippen molar-refractivity contribution in [2.45, 2.75) is 122 Å². The summed E-state index contributed by atoms with van der Waals surface area (Å²) < 4.78 is 7.18. The Morgan fingerprint density at radius 1 is 0.731 bits per heavy atom. The van der Waals surface area contributed by atoms with Crippen molar-refractivity contribution in [1.29, 1.82) is 0 Å². The summed E-state index contributed by atoms with van der Waals surface area (Å²) >= 11 is 0. The molecule has 3 heteroatoms. The molecule has 0 aromatic rings. The first kappa shape index (κ1) is 20.6. The zero-order chi connectivity index (χ0) is 18.9. The Morgan fingerprint density at radius 2 is 1.23 bits per heavy atom. The van der Waals surface area contributed by atoms with E-state index in [1.807, 2.05) is 0 Å². The maximum atomic E-state index is 7.18. The van der Waals surface area contributed by atoms with E-state index in [0.29, 0.717) is 0 Å². The van der Waals surface area contributed by atoms with Gasteiger partial charge in [-0.1, -0.05) is 58.8 Å². The van der Waals surface area contributed by atoms with E-state index in [2.05, 4.69) is 45.0 Å². The molecule has 3 nitrogen and oxygen atoms in total. The van der Waals surface area contributed by atoms with Crippen LogP contribution < -0.4 is 5.32 Å². The van der Waals surface area contributed by atoms with E-state index in [1.165, 1.54) is 70.6 Å². The zero-order valence-corrected chi connectivity index (χ0v) is 18.3. The van der Waals surface area contributed by atoms with Gasteiger partial charge in [-0.05, 0) is 53.0 Å².